The lowest BCUT2D eigenvalue weighted by Crippen LogP contribution is -1.78. The predicted octanol–water partition coefficient (Wildman–Crippen LogP) is 3.23. The van der Waals surface area contributed by atoms with Crippen molar-refractivity contribution in [3.8, 4) is 0 Å². The first kappa shape index (κ1) is 6.90. The van der Waals surface area contributed by atoms with E-state index in [9.17, 15) is 0 Å². The molecule has 1 fully saturated rings. The summed E-state index contributed by atoms with van der Waals surface area (Å²) < 4.78 is 0. The summed E-state index contributed by atoms with van der Waals surface area (Å²) in [5, 5.41) is 0. The van der Waals surface area contributed by atoms with Crippen molar-refractivity contribution in [2.45, 2.75) is 26.2 Å². The van der Waals surface area contributed by atoms with Crippen LogP contribution in [-0.2, 0) is 0 Å². The summed E-state index contributed by atoms with van der Waals surface area (Å²) in [6.45, 7) is 6.02. The molecule has 0 bridgehead atoms. The predicted molar refractivity (Wildman–Crippen MR) is 48.3 cm³/mol. The molecule has 0 aromatic heterocycles. The molecule has 58 valence electrons. The molecule has 2 aliphatic rings. The van der Waals surface area contributed by atoms with Crippen LogP contribution in [0.3, 0.4) is 0 Å². The Morgan fingerprint density at radius 3 is 2.73 bits per heavy atom. The lowest BCUT2D eigenvalue weighted by Gasteiger charge is -1.95. The summed E-state index contributed by atoms with van der Waals surface area (Å²) >= 11 is 0. The van der Waals surface area contributed by atoms with Gasteiger partial charge in [-0.05, 0) is 37.7 Å². The summed E-state index contributed by atoms with van der Waals surface area (Å²) in [4.78, 5) is 0. The second kappa shape index (κ2) is 2.37. The van der Waals surface area contributed by atoms with Crippen LogP contribution in [-0.4, -0.2) is 0 Å². The molecule has 2 aliphatic carbocycles. The summed E-state index contributed by atoms with van der Waals surface area (Å²) in [6.07, 6.45) is 8.66. The van der Waals surface area contributed by atoms with Crippen LogP contribution in [0.25, 0.3) is 0 Å². The minimum atomic E-state index is 0.933. The Labute approximate surface area is 68.3 Å². The van der Waals surface area contributed by atoms with Crippen LogP contribution in [0.15, 0.2) is 35.5 Å². The highest BCUT2D eigenvalue weighted by Crippen LogP contribution is 2.41. The van der Waals surface area contributed by atoms with Crippen molar-refractivity contribution in [1.29, 1.82) is 0 Å². The van der Waals surface area contributed by atoms with Gasteiger partial charge < -0.3 is 0 Å². The molecule has 0 spiro atoms. The van der Waals surface area contributed by atoms with E-state index >= 15 is 0 Å². The average Bonchev–Trinajstić information content (AvgIpc) is 2.68. The highest BCUT2D eigenvalue weighted by atomic mass is 14.3. The quantitative estimate of drug-likeness (QED) is 0.561. The first-order valence-electron chi connectivity index (χ1n) is 4.34. The molecule has 0 N–H and O–H groups in total. The number of rotatable bonds is 2. The van der Waals surface area contributed by atoms with Gasteiger partial charge in [-0.1, -0.05) is 29.9 Å². The first-order valence-corrected chi connectivity index (χ1v) is 4.34. The molecule has 0 aromatic rings. The zero-order valence-corrected chi connectivity index (χ0v) is 7.06. The summed E-state index contributed by atoms with van der Waals surface area (Å²) in [7, 11) is 0. The van der Waals surface area contributed by atoms with E-state index in [1.807, 2.05) is 0 Å². The van der Waals surface area contributed by atoms with E-state index in [4.69, 9.17) is 0 Å². The van der Waals surface area contributed by atoms with Crippen LogP contribution in [0, 0.1) is 5.92 Å². The van der Waals surface area contributed by atoms with Gasteiger partial charge in [-0.15, -0.1) is 0 Å². The van der Waals surface area contributed by atoms with Crippen LogP contribution in [0.5, 0.6) is 0 Å². The van der Waals surface area contributed by atoms with E-state index in [1.165, 1.54) is 30.4 Å². The molecule has 11 heavy (non-hydrogen) atoms. The number of hydrogen-bond acceptors (Lipinski definition) is 0. The van der Waals surface area contributed by atoms with Crippen molar-refractivity contribution in [2.24, 2.45) is 5.92 Å². The normalized spacial score (nSPS) is 23.0. The van der Waals surface area contributed by atoms with E-state index in [-0.39, 0.29) is 0 Å². The zero-order valence-electron chi connectivity index (χ0n) is 7.06. The van der Waals surface area contributed by atoms with Gasteiger partial charge in [0.2, 0.25) is 0 Å². The Morgan fingerprint density at radius 1 is 1.55 bits per heavy atom. The molecule has 0 nitrogen and oxygen atoms in total. The smallest absolute Gasteiger partial charge is 0.0124 e. The van der Waals surface area contributed by atoms with E-state index < -0.39 is 0 Å². The molecule has 0 heteroatoms. The summed E-state index contributed by atoms with van der Waals surface area (Å²) in [6, 6.07) is 0. The van der Waals surface area contributed by atoms with Gasteiger partial charge >= 0.3 is 0 Å². The maximum absolute atomic E-state index is 3.94. The van der Waals surface area contributed by atoms with Gasteiger partial charge in [-0.2, -0.15) is 0 Å². The minimum absolute atomic E-state index is 0.933. The van der Waals surface area contributed by atoms with Crippen molar-refractivity contribution in [3.05, 3.63) is 35.5 Å². The van der Waals surface area contributed by atoms with Crippen LogP contribution in [0.2, 0.25) is 0 Å². The topological polar surface area (TPSA) is 0 Å². The highest BCUT2D eigenvalue weighted by Gasteiger charge is 2.26. The van der Waals surface area contributed by atoms with Crippen LogP contribution < -0.4 is 0 Å². The first-order chi connectivity index (χ1) is 5.27. The molecule has 2 rings (SSSR count). The van der Waals surface area contributed by atoms with Gasteiger partial charge in [-0.3, -0.25) is 0 Å². The fourth-order valence-electron chi connectivity index (χ4n) is 1.58. The molecule has 1 saturated carbocycles. The van der Waals surface area contributed by atoms with Crippen molar-refractivity contribution in [3.63, 3.8) is 0 Å². The largest absolute Gasteiger partial charge is 0.0955 e. The molecule has 0 amide bonds. The molecule has 0 radical (unpaired) electrons. The van der Waals surface area contributed by atoms with Crippen molar-refractivity contribution in [1.82, 2.24) is 0 Å². The van der Waals surface area contributed by atoms with Crippen LogP contribution >= 0.6 is 0 Å². The van der Waals surface area contributed by atoms with E-state index in [0.29, 0.717) is 0 Å². The molecule has 0 unspecified atom stereocenters. The third-order valence-electron chi connectivity index (χ3n) is 2.49. The summed E-state index contributed by atoms with van der Waals surface area (Å²) in [5.41, 5.74) is 4.22. The molecule has 0 heterocycles. The van der Waals surface area contributed by atoms with E-state index in [0.717, 1.165) is 5.92 Å². The molecule has 0 saturated heterocycles. The van der Waals surface area contributed by atoms with E-state index in [1.54, 1.807) is 5.57 Å². The lowest BCUT2D eigenvalue weighted by atomic mass is 10.1. The second-order valence-corrected chi connectivity index (χ2v) is 3.64. The lowest BCUT2D eigenvalue weighted by molar-refractivity contribution is 0.967. The van der Waals surface area contributed by atoms with E-state index in [2.05, 4.69) is 25.7 Å². The highest BCUT2D eigenvalue weighted by molar-refractivity contribution is 5.45. The van der Waals surface area contributed by atoms with Gasteiger partial charge in [0.1, 0.15) is 0 Å². The maximum Gasteiger partial charge on any atom is -0.0124 e. The van der Waals surface area contributed by atoms with Crippen LogP contribution in [0.4, 0.5) is 0 Å². The minimum Gasteiger partial charge on any atom is -0.0955 e. The Kier molecular flexibility index (Phi) is 1.49. The Morgan fingerprint density at radius 2 is 2.27 bits per heavy atom. The van der Waals surface area contributed by atoms with Crippen molar-refractivity contribution >= 4 is 0 Å². The Hall–Kier alpha value is -0.780. The van der Waals surface area contributed by atoms with Gasteiger partial charge in [0, 0.05) is 0 Å². The van der Waals surface area contributed by atoms with Crippen molar-refractivity contribution in [2.75, 3.05) is 0 Å². The SMILES string of the molecule is C=C(C)C1=CCC(C2CC2)=C1. The molecular formula is C11H14. The molecule has 0 aliphatic heterocycles. The average molecular weight is 146 g/mol. The third kappa shape index (κ3) is 1.30. The number of allylic oxidation sites excluding steroid dienone is 5. The maximum atomic E-state index is 3.94. The molecular weight excluding hydrogens is 132 g/mol. The third-order valence-corrected chi connectivity index (χ3v) is 2.49. The molecule has 0 atom stereocenters. The summed E-state index contributed by atoms with van der Waals surface area (Å²) in [5.74, 6) is 0.933. The fraction of sp³-hybridized carbons (Fsp3) is 0.455. The standard InChI is InChI=1S/C11H14/c1-8(2)10-5-6-11(7-10)9-3-4-9/h5,7,9H,1,3-4,6H2,2H3. The number of hydrogen-bond donors (Lipinski definition) is 0. The van der Waals surface area contributed by atoms with Gasteiger partial charge in [0.15, 0.2) is 0 Å². The monoisotopic (exact) mass is 146 g/mol. The molecule has 0 aromatic carbocycles. The van der Waals surface area contributed by atoms with Crippen LogP contribution in [0.1, 0.15) is 26.2 Å². The Bertz CT molecular complexity index is 249. The Balaban J connectivity index is 2.10. The van der Waals surface area contributed by atoms with Crippen molar-refractivity contribution < 1.29 is 0 Å². The second-order valence-electron chi connectivity index (χ2n) is 3.64. The zero-order chi connectivity index (χ0) is 7.84. The van der Waals surface area contributed by atoms with Gasteiger partial charge in [0.25, 0.3) is 0 Å². The van der Waals surface area contributed by atoms with Gasteiger partial charge in [0.05, 0.1) is 0 Å². The van der Waals surface area contributed by atoms with Gasteiger partial charge in [-0.25, -0.2) is 0 Å². The fourth-order valence-corrected chi connectivity index (χ4v) is 1.58.